The fourth-order valence-electron chi connectivity index (χ4n) is 5.31. The Kier molecular flexibility index (Phi) is 5.04. The molecule has 33 heavy (non-hydrogen) atoms. The van der Waals surface area contributed by atoms with Crippen LogP contribution in [0.25, 0.3) is 27.7 Å². The Bertz CT molecular complexity index is 1400. The summed E-state index contributed by atoms with van der Waals surface area (Å²) in [5, 5.41) is 17.7. The highest BCUT2D eigenvalue weighted by Crippen LogP contribution is 2.41. The van der Waals surface area contributed by atoms with Gasteiger partial charge in [0.15, 0.2) is 5.65 Å². The topological polar surface area (TPSA) is 67.5 Å². The second-order valence-corrected chi connectivity index (χ2v) is 10.3. The number of aromatic nitrogens is 3. The van der Waals surface area contributed by atoms with Gasteiger partial charge in [-0.05, 0) is 48.1 Å². The van der Waals surface area contributed by atoms with Gasteiger partial charge in [-0.15, -0.1) is 0 Å². The van der Waals surface area contributed by atoms with Crippen molar-refractivity contribution in [1.82, 2.24) is 14.6 Å². The van der Waals surface area contributed by atoms with E-state index < -0.39 is 11.9 Å². The van der Waals surface area contributed by atoms with Gasteiger partial charge in [-0.1, -0.05) is 64.4 Å². The van der Waals surface area contributed by atoms with Crippen LogP contribution in [0.15, 0.2) is 36.4 Å². The highest BCUT2D eigenvalue weighted by atomic mass is 16.4. The van der Waals surface area contributed by atoms with Crippen LogP contribution in [0.5, 0.6) is 0 Å². The molecule has 0 radical (unpaired) electrons. The van der Waals surface area contributed by atoms with E-state index in [-0.39, 0.29) is 5.41 Å². The summed E-state index contributed by atoms with van der Waals surface area (Å²) in [6.07, 6.45) is 3.45. The zero-order valence-electron chi connectivity index (χ0n) is 20.1. The molecular weight excluding hydrogens is 410 g/mol. The number of aryl methyl sites for hydroxylation is 3. The Morgan fingerprint density at radius 2 is 1.88 bits per heavy atom. The standard InChI is InChI=1S/C28H31N3O2/c1-6-8-21(27(32)33)24-16(2)29-23-15-22(28(3,4)5)30-31(23)26(24)20-14-13-18-12-11-17-9-7-10-19(20)25(17)18/h7,9-10,13-15,21H,6,8,11-12H2,1-5H3,(H,32,33). The number of carbonyl (C=O) groups is 1. The molecule has 1 aliphatic carbocycles. The van der Waals surface area contributed by atoms with Gasteiger partial charge in [0.2, 0.25) is 0 Å². The Morgan fingerprint density at radius 3 is 2.55 bits per heavy atom. The lowest BCUT2D eigenvalue weighted by Gasteiger charge is -2.21. The molecule has 1 aliphatic rings. The quantitative estimate of drug-likeness (QED) is 0.399. The van der Waals surface area contributed by atoms with Crippen LogP contribution in [0.3, 0.4) is 0 Å². The fourth-order valence-corrected chi connectivity index (χ4v) is 5.31. The maximum atomic E-state index is 12.5. The SMILES string of the molecule is CCCC(C(=O)O)c1c(C)nc2cc(C(C)(C)C)nn2c1-c1ccc2c3c(cccc13)CC2. The number of carboxylic acids is 1. The van der Waals surface area contributed by atoms with Crippen molar-refractivity contribution in [2.75, 3.05) is 0 Å². The Labute approximate surface area is 194 Å². The van der Waals surface area contributed by atoms with Gasteiger partial charge in [0.05, 0.1) is 17.3 Å². The first kappa shape index (κ1) is 21.6. The summed E-state index contributed by atoms with van der Waals surface area (Å²) < 4.78 is 1.90. The first-order valence-electron chi connectivity index (χ1n) is 11.9. The minimum absolute atomic E-state index is 0.142. The first-order valence-corrected chi connectivity index (χ1v) is 11.9. The van der Waals surface area contributed by atoms with Crippen LogP contribution in [0.1, 0.15) is 74.5 Å². The van der Waals surface area contributed by atoms with E-state index in [4.69, 9.17) is 10.1 Å². The van der Waals surface area contributed by atoms with Gasteiger partial charge in [0.1, 0.15) is 0 Å². The number of nitrogens with zero attached hydrogens (tertiary/aromatic N) is 3. The summed E-state index contributed by atoms with van der Waals surface area (Å²) in [6.45, 7) is 10.4. The zero-order valence-corrected chi connectivity index (χ0v) is 20.1. The molecule has 0 saturated heterocycles. The number of fused-ring (bicyclic) bond motifs is 1. The summed E-state index contributed by atoms with van der Waals surface area (Å²) >= 11 is 0. The van der Waals surface area contributed by atoms with Crippen molar-refractivity contribution >= 4 is 22.4 Å². The first-order chi connectivity index (χ1) is 15.7. The molecule has 170 valence electrons. The van der Waals surface area contributed by atoms with E-state index in [1.807, 2.05) is 24.4 Å². The van der Waals surface area contributed by atoms with Crippen LogP contribution in [0.4, 0.5) is 0 Å². The maximum absolute atomic E-state index is 12.5. The summed E-state index contributed by atoms with van der Waals surface area (Å²) in [6, 6.07) is 12.9. The third-order valence-electron chi connectivity index (χ3n) is 6.95. The molecule has 0 bridgehead atoms. The number of hydrogen-bond acceptors (Lipinski definition) is 3. The highest BCUT2D eigenvalue weighted by molar-refractivity contribution is 6.02. The van der Waals surface area contributed by atoms with Crippen molar-refractivity contribution in [2.45, 2.75) is 71.6 Å². The van der Waals surface area contributed by atoms with E-state index in [0.717, 1.165) is 53.1 Å². The third kappa shape index (κ3) is 3.41. The second-order valence-electron chi connectivity index (χ2n) is 10.3. The number of rotatable bonds is 5. The zero-order chi connectivity index (χ0) is 23.5. The Hall–Kier alpha value is -3.21. The molecule has 4 aromatic rings. The largest absolute Gasteiger partial charge is 0.481 e. The minimum atomic E-state index is -0.809. The van der Waals surface area contributed by atoms with Crippen LogP contribution in [-0.2, 0) is 23.1 Å². The predicted octanol–water partition coefficient (Wildman–Crippen LogP) is 6.22. The molecular formula is C28H31N3O2. The monoisotopic (exact) mass is 441 g/mol. The van der Waals surface area contributed by atoms with Gasteiger partial charge >= 0.3 is 5.97 Å². The average molecular weight is 442 g/mol. The smallest absolute Gasteiger partial charge is 0.311 e. The number of carboxylic acid groups (broad SMARTS) is 1. The van der Waals surface area contributed by atoms with Crippen molar-refractivity contribution in [1.29, 1.82) is 0 Å². The van der Waals surface area contributed by atoms with Gasteiger partial charge in [0, 0.05) is 28.3 Å². The molecule has 0 aliphatic heterocycles. The molecule has 2 aromatic heterocycles. The number of benzene rings is 2. The van der Waals surface area contributed by atoms with E-state index in [2.05, 4.69) is 51.1 Å². The second kappa shape index (κ2) is 7.68. The van der Waals surface area contributed by atoms with Crippen LogP contribution in [0, 0.1) is 6.92 Å². The molecule has 2 aromatic carbocycles. The molecule has 5 nitrogen and oxygen atoms in total. The molecule has 1 atom stereocenters. The van der Waals surface area contributed by atoms with Crippen molar-refractivity contribution in [3.63, 3.8) is 0 Å². The van der Waals surface area contributed by atoms with Crippen LogP contribution >= 0.6 is 0 Å². The molecule has 0 saturated carbocycles. The molecule has 1 unspecified atom stereocenters. The predicted molar refractivity (Wildman–Crippen MR) is 132 cm³/mol. The van der Waals surface area contributed by atoms with E-state index in [9.17, 15) is 9.90 Å². The van der Waals surface area contributed by atoms with Crippen molar-refractivity contribution in [2.24, 2.45) is 0 Å². The summed E-state index contributed by atoms with van der Waals surface area (Å²) in [5.41, 5.74) is 7.75. The fraction of sp³-hybridized carbons (Fsp3) is 0.393. The lowest BCUT2D eigenvalue weighted by Crippen LogP contribution is -2.18. The van der Waals surface area contributed by atoms with E-state index >= 15 is 0 Å². The van der Waals surface area contributed by atoms with Gasteiger partial charge in [-0.25, -0.2) is 9.50 Å². The summed E-state index contributed by atoms with van der Waals surface area (Å²) in [5.74, 6) is -1.44. The average Bonchev–Trinajstić information content (AvgIpc) is 3.37. The van der Waals surface area contributed by atoms with Crippen LogP contribution < -0.4 is 0 Å². The van der Waals surface area contributed by atoms with Crippen LogP contribution in [-0.4, -0.2) is 25.7 Å². The Balaban J connectivity index is 1.93. The highest BCUT2D eigenvalue weighted by Gasteiger charge is 2.30. The van der Waals surface area contributed by atoms with Crippen molar-refractivity contribution in [3.8, 4) is 11.3 Å². The minimum Gasteiger partial charge on any atom is -0.481 e. The third-order valence-corrected chi connectivity index (χ3v) is 6.95. The maximum Gasteiger partial charge on any atom is 0.311 e. The molecule has 2 heterocycles. The lowest BCUT2D eigenvalue weighted by atomic mass is 9.87. The van der Waals surface area contributed by atoms with Gasteiger partial charge in [-0.2, -0.15) is 5.10 Å². The summed E-state index contributed by atoms with van der Waals surface area (Å²) in [7, 11) is 0. The molecule has 1 N–H and O–H groups in total. The lowest BCUT2D eigenvalue weighted by molar-refractivity contribution is -0.139. The summed E-state index contributed by atoms with van der Waals surface area (Å²) in [4.78, 5) is 17.3. The number of aliphatic carboxylic acids is 1. The molecule has 0 spiro atoms. The van der Waals surface area contributed by atoms with Gasteiger partial charge < -0.3 is 5.11 Å². The van der Waals surface area contributed by atoms with E-state index in [0.29, 0.717) is 6.42 Å². The van der Waals surface area contributed by atoms with E-state index in [1.165, 1.54) is 21.9 Å². The van der Waals surface area contributed by atoms with Gasteiger partial charge in [0.25, 0.3) is 0 Å². The number of hydrogen-bond donors (Lipinski definition) is 1. The van der Waals surface area contributed by atoms with Crippen molar-refractivity contribution < 1.29 is 9.90 Å². The Morgan fingerprint density at radius 1 is 1.15 bits per heavy atom. The van der Waals surface area contributed by atoms with E-state index in [1.54, 1.807) is 0 Å². The molecule has 5 heteroatoms. The van der Waals surface area contributed by atoms with Crippen molar-refractivity contribution in [3.05, 3.63) is 64.5 Å². The molecule has 0 amide bonds. The molecule has 0 fully saturated rings. The van der Waals surface area contributed by atoms with Crippen LogP contribution in [0.2, 0.25) is 0 Å². The molecule has 5 rings (SSSR count). The normalized spacial score (nSPS) is 14.3. The van der Waals surface area contributed by atoms with Gasteiger partial charge in [-0.3, -0.25) is 4.79 Å².